The number of ether oxygens (including phenoxy) is 1. The quantitative estimate of drug-likeness (QED) is 0.800. The van der Waals surface area contributed by atoms with Crippen molar-refractivity contribution in [3.8, 4) is 6.07 Å². The van der Waals surface area contributed by atoms with Crippen LogP contribution in [0.1, 0.15) is 21.5 Å². The molecular weight excluding hydrogens is 342 g/mol. The molecule has 0 heterocycles. The molecule has 0 radical (unpaired) electrons. The lowest BCUT2D eigenvalue weighted by atomic mass is 10.1. The number of benzene rings is 2. The number of methoxy groups -OCH3 is 1. The van der Waals surface area contributed by atoms with Crippen LogP contribution in [0.5, 0.6) is 0 Å². The van der Waals surface area contributed by atoms with Crippen LogP contribution in [0.3, 0.4) is 0 Å². The van der Waals surface area contributed by atoms with E-state index >= 15 is 0 Å². The maximum atomic E-state index is 12.1. The number of nitrogens with one attached hydrogen (secondary N) is 2. The number of amides is 1. The number of carbonyl (C=O) groups is 2. The molecule has 2 aromatic carbocycles. The molecule has 1 amide bonds. The maximum Gasteiger partial charge on any atom is 0.340 e. The monoisotopic (exact) mass is 357 g/mol. The highest BCUT2D eigenvalue weighted by Crippen LogP contribution is 2.21. The summed E-state index contributed by atoms with van der Waals surface area (Å²) in [5.74, 6) is -0.794. The summed E-state index contributed by atoms with van der Waals surface area (Å²) in [4.78, 5) is 24.0. The molecule has 0 bridgehead atoms. The van der Waals surface area contributed by atoms with Gasteiger partial charge in [-0.15, -0.1) is 0 Å². The molecule has 0 aromatic heterocycles. The van der Waals surface area contributed by atoms with Gasteiger partial charge in [-0.2, -0.15) is 5.26 Å². The molecule has 0 fully saturated rings. The van der Waals surface area contributed by atoms with Crippen molar-refractivity contribution in [1.82, 2.24) is 0 Å². The number of esters is 1. The average Bonchev–Trinajstić information content (AvgIpc) is 2.59. The molecule has 0 saturated heterocycles. The number of rotatable bonds is 5. The highest BCUT2D eigenvalue weighted by molar-refractivity contribution is 6.32. The molecule has 7 heteroatoms. The Hall–Kier alpha value is -3.04. The van der Waals surface area contributed by atoms with E-state index < -0.39 is 5.97 Å². The Bertz CT molecular complexity index is 859. The van der Waals surface area contributed by atoms with Gasteiger partial charge >= 0.3 is 5.97 Å². The fraction of sp³-hybridized carbons (Fsp3) is 0.167. The Morgan fingerprint density at radius 3 is 2.68 bits per heavy atom. The second-order valence-electron chi connectivity index (χ2n) is 5.20. The first-order valence-electron chi connectivity index (χ1n) is 7.37. The van der Waals surface area contributed by atoms with Gasteiger partial charge in [-0.25, -0.2) is 4.79 Å². The van der Waals surface area contributed by atoms with E-state index in [9.17, 15) is 9.59 Å². The Morgan fingerprint density at radius 1 is 1.28 bits per heavy atom. The molecule has 0 spiro atoms. The van der Waals surface area contributed by atoms with Crippen LogP contribution in [0.15, 0.2) is 36.4 Å². The Kier molecular flexibility index (Phi) is 5.98. The van der Waals surface area contributed by atoms with E-state index in [2.05, 4.69) is 10.6 Å². The lowest BCUT2D eigenvalue weighted by molar-refractivity contribution is -0.114. The first-order chi connectivity index (χ1) is 12.0. The van der Waals surface area contributed by atoms with Gasteiger partial charge in [-0.05, 0) is 36.8 Å². The Morgan fingerprint density at radius 2 is 2.04 bits per heavy atom. The number of hydrogen-bond acceptors (Lipinski definition) is 5. The first-order valence-corrected chi connectivity index (χ1v) is 7.75. The standard InChI is InChI=1S/C18H16ClN3O3/c1-11-4-3-5-15(17(11)18(24)25-2)21-10-16(23)22-13-7-6-12(9-20)14(19)8-13/h3-8,21H,10H2,1-2H3,(H,22,23). The smallest absolute Gasteiger partial charge is 0.340 e. The summed E-state index contributed by atoms with van der Waals surface area (Å²) in [5, 5.41) is 14.7. The van der Waals surface area contributed by atoms with Crippen molar-refractivity contribution in [1.29, 1.82) is 5.26 Å². The third kappa shape index (κ3) is 4.49. The highest BCUT2D eigenvalue weighted by atomic mass is 35.5. The molecule has 2 N–H and O–H groups in total. The number of carbonyl (C=O) groups excluding carboxylic acids is 2. The maximum absolute atomic E-state index is 12.1. The zero-order valence-electron chi connectivity index (χ0n) is 13.7. The Balaban J connectivity index is 2.06. The molecule has 25 heavy (non-hydrogen) atoms. The van der Waals surface area contributed by atoms with Gasteiger partial charge in [0.15, 0.2) is 0 Å². The molecule has 0 aliphatic rings. The molecule has 0 atom stereocenters. The molecule has 6 nitrogen and oxygen atoms in total. The minimum Gasteiger partial charge on any atom is -0.465 e. The molecule has 0 aliphatic carbocycles. The van der Waals surface area contributed by atoms with E-state index in [4.69, 9.17) is 21.6 Å². The molecule has 2 aromatic rings. The van der Waals surface area contributed by atoms with Gasteiger partial charge in [0, 0.05) is 11.4 Å². The summed E-state index contributed by atoms with van der Waals surface area (Å²) >= 11 is 5.93. The van der Waals surface area contributed by atoms with Crippen LogP contribution in [0, 0.1) is 18.3 Å². The van der Waals surface area contributed by atoms with E-state index in [-0.39, 0.29) is 17.5 Å². The number of halogens is 1. The van der Waals surface area contributed by atoms with E-state index in [0.29, 0.717) is 22.5 Å². The number of nitrogens with zero attached hydrogens (tertiary/aromatic N) is 1. The van der Waals surface area contributed by atoms with Crippen LogP contribution >= 0.6 is 11.6 Å². The summed E-state index contributed by atoms with van der Waals surface area (Å²) in [7, 11) is 1.31. The van der Waals surface area contributed by atoms with Crippen molar-refractivity contribution in [2.24, 2.45) is 0 Å². The fourth-order valence-corrected chi connectivity index (χ4v) is 2.48. The van der Waals surface area contributed by atoms with Crippen molar-refractivity contribution in [2.75, 3.05) is 24.3 Å². The minimum absolute atomic E-state index is 0.0505. The molecule has 0 saturated carbocycles. The van der Waals surface area contributed by atoms with Gasteiger partial charge in [0.2, 0.25) is 5.91 Å². The number of hydrogen-bond donors (Lipinski definition) is 2. The number of nitriles is 1. The van der Waals surface area contributed by atoms with Gasteiger partial charge in [0.25, 0.3) is 0 Å². The van der Waals surface area contributed by atoms with Crippen molar-refractivity contribution in [3.05, 3.63) is 58.1 Å². The SMILES string of the molecule is COC(=O)c1c(C)cccc1NCC(=O)Nc1ccc(C#N)c(Cl)c1. The zero-order valence-corrected chi connectivity index (χ0v) is 14.5. The van der Waals surface area contributed by atoms with E-state index in [1.54, 1.807) is 31.2 Å². The van der Waals surface area contributed by atoms with Gasteiger partial charge in [0.1, 0.15) is 6.07 Å². The topological polar surface area (TPSA) is 91.2 Å². The van der Waals surface area contributed by atoms with Crippen molar-refractivity contribution >= 4 is 34.9 Å². The van der Waals surface area contributed by atoms with E-state index in [1.807, 2.05) is 6.07 Å². The van der Waals surface area contributed by atoms with Crippen molar-refractivity contribution < 1.29 is 14.3 Å². The Labute approximate surface area is 150 Å². The fourth-order valence-electron chi connectivity index (χ4n) is 2.25. The van der Waals surface area contributed by atoms with Gasteiger partial charge in [-0.1, -0.05) is 23.7 Å². The highest BCUT2D eigenvalue weighted by Gasteiger charge is 2.15. The summed E-state index contributed by atoms with van der Waals surface area (Å²) in [6.45, 7) is 1.74. The van der Waals surface area contributed by atoms with Gasteiger partial charge in [0.05, 0.1) is 29.8 Å². The molecule has 128 valence electrons. The number of aryl methyl sites for hydroxylation is 1. The van der Waals surface area contributed by atoms with Crippen LogP contribution in [0.4, 0.5) is 11.4 Å². The lowest BCUT2D eigenvalue weighted by Gasteiger charge is -2.13. The predicted molar refractivity (Wildman–Crippen MR) is 95.8 cm³/mol. The first kappa shape index (κ1) is 18.3. The van der Waals surface area contributed by atoms with Crippen LogP contribution in [-0.2, 0) is 9.53 Å². The predicted octanol–water partition coefficient (Wildman–Crippen LogP) is 3.36. The average molecular weight is 358 g/mol. The summed E-state index contributed by atoms with van der Waals surface area (Å²) in [6, 6.07) is 11.8. The van der Waals surface area contributed by atoms with Crippen molar-refractivity contribution in [2.45, 2.75) is 6.92 Å². The van der Waals surface area contributed by atoms with Gasteiger partial charge in [-0.3, -0.25) is 4.79 Å². The minimum atomic E-state index is -0.472. The number of anilines is 2. The molecule has 0 aliphatic heterocycles. The zero-order chi connectivity index (χ0) is 18.4. The molecular formula is C18H16ClN3O3. The second-order valence-corrected chi connectivity index (χ2v) is 5.60. The summed E-state index contributed by atoms with van der Waals surface area (Å²) < 4.78 is 4.77. The third-order valence-corrected chi connectivity index (χ3v) is 3.79. The summed E-state index contributed by atoms with van der Waals surface area (Å²) in [6.07, 6.45) is 0. The summed E-state index contributed by atoms with van der Waals surface area (Å²) in [5.41, 5.74) is 2.46. The van der Waals surface area contributed by atoms with Crippen LogP contribution in [-0.4, -0.2) is 25.5 Å². The van der Waals surface area contributed by atoms with Gasteiger partial charge < -0.3 is 15.4 Å². The van der Waals surface area contributed by atoms with Crippen LogP contribution in [0.2, 0.25) is 5.02 Å². The lowest BCUT2D eigenvalue weighted by Crippen LogP contribution is -2.23. The largest absolute Gasteiger partial charge is 0.465 e. The third-order valence-electron chi connectivity index (χ3n) is 3.48. The van der Waals surface area contributed by atoms with E-state index in [1.165, 1.54) is 19.2 Å². The van der Waals surface area contributed by atoms with Crippen LogP contribution < -0.4 is 10.6 Å². The van der Waals surface area contributed by atoms with Crippen LogP contribution in [0.25, 0.3) is 0 Å². The normalized spacial score (nSPS) is 9.84. The second kappa shape index (κ2) is 8.18. The molecule has 2 rings (SSSR count). The van der Waals surface area contributed by atoms with Crippen molar-refractivity contribution in [3.63, 3.8) is 0 Å². The van der Waals surface area contributed by atoms with E-state index in [0.717, 1.165) is 5.56 Å². The molecule has 0 unspecified atom stereocenters.